The fraction of sp³-hybridized carbons (Fsp3) is 0.875. The van der Waals surface area contributed by atoms with Crippen LogP contribution in [0.4, 0.5) is 0 Å². The SMILES string of the molecule is CC(=O)[O-].CC(=O)[O-].CC(=O)[O-].CCCCCCCCCCCCCCCCNCCN.[Na+].[Na+].[Na+]. The Morgan fingerprint density at radius 3 is 1.00 bits per heavy atom. The third-order valence-corrected chi connectivity index (χ3v) is 4.03. The van der Waals surface area contributed by atoms with Gasteiger partial charge in [-0.25, -0.2) is 0 Å². The van der Waals surface area contributed by atoms with Crippen LogP contribution in [-0.4, -0.2) is 37.5 Å². The Hall–Kier alpha value is 1.33. The molecule has 35 heavy (non-hydrogen) atoms. The first kappa shape index (κ1) is 52.7. The molecule has 0 aromatic heterocycles. The summed E-state index contributed by atoms with van der Waals surface area (Å²) >= 11 is 0. The van der Waals surface area contributed by atoms with E-state index in [1.165, 1.54) is 89.9 Å². The molecule has 0 bridgehead atoms. The minimum Gasteiger partial charge on any atom is -0.550 e. The summed E-state index contributed by atoms with van der Waals surface area (Å²) in [7, 11) is 0. The molecule has 0 atom stereocenters. The first-order valence-corrected chi connectivity index (χ1v) is 12.0. The number of nitrogens with one attached hydrogen (secondary N) is 1. The van der Waals surface area contributed by atoms with E-state index in [1.54, 1.807) is 0 Å². The van der Waals surface area contributed by atoms with Crippen LogP contribution in [0.3, 0.4) is 0 Å². The first-order valence-electron chi connectivity index (χ1n) is 12.0. The zero-order chi connectivity index (χ0) is 25.5. The van der Waals surface area contributed by atoms with E-state index in [9.17, 15) is 0 Å². The average Bonchev–Trinajstić information content (AvgIpc) is 2.66. The Balaban J connectivity index is -0.0000000872. The van der Waals surface area contributed by atoms with Crippen molar-refractivity contribution in [3.05, 3.63) is 0 Å². The number of carbonyl (C=O) groups excluding carboxylic acids is 3. The number of carbonyl (C=O) groups is 3. The number of unbranched alkanes of at least 4 members (excludes halogenated alkanes) is 13. The Labute approximate surface area is 281 Å². The van der Waals surface area contributed by atoms with E-state index in [0.29, 0.717) is 0 Å². The number of hydrogen-bond donors (Lipinski definition) is 2. The quantitative estimate of drug-likeness (QED) is 0.139. The van der Waals surface area contributed by atoms with Crippen molar-refractivity contribution in [2.75, 3.05) is 19.6 Å². The zero-order valence-corrected chi connectivity index (χ0v) is 30.0. The number of aliphatic carboxylic acids is 3. The van der Waals surface area contributed by atoms with Crippen LogP contribution in [0.5, 0.6) is 0 Å². The van der Waals surface area contributed by atoms with E-state index in [0.717, 1.165) is 40.4 Å². The Morgan fingerprint density at radius 2 is 0.771 bits per heavy atom. The number of rotatable bonds is 17. The van der Waals surface area contributed by atoms with Crippen LogP contribution in [0, 0.1) is 0 Å². The Bertz CT molecular complexity index is 349. The maximum absolute atomic E-state index is 8.89. The predicted octanol–water partition coefficient (Wildman–Crippen LogP) is -7.70. The maximum Gasteiger partial charge on any atom is 1.00 e. The van der Waals surface area contributed by atoms with Gasteiger partial charge in [0.25, 0.3) is 0 Å². The fourth-order valence-corrected chi connectivity index (χ4v) is 2.67. The molecule has 0 rings (SSSR count). The molecule has 0 fully saturated rings. The molecule has 11 heteroatoms. The standard InChI is InChI=1S/C18H40N2.3C2H4O2.3Na/c1-2-3-4-5-6-7-8-9-10-11-12-13-14-15-17-20-18-16-19;3*1-2(3)4;;;/h20H,2-19H2,1H3;3*1H3,(H,3,4);;;/q;;;;3*+1/p-3. The van der Waals surface area contributed by atoms with Gasteiger partial charge in [0.1, 0.15) is 0 Å². The maximum atomic E-state index is 8.89. The van der Waals surface area contributed by atoms with Crippen molar-refractivity contribution in [1.29, 1.82) is 0 Å². The van der Waals surface area contributed by atoms with Crippen molar-refractivity contribution in [2.24, 2.45) is 5.73 Å². The number of nitrogens with two attached hydrogens (primary N) is 1. The van der Waals surface area contributed by atoms with Crippen LogP contribution in [-0.2, 0) is 14.4 Å². The van der Waals surface area contributed by atoms with Crippen molar-refractivity contribution in [1.82, 2.24) is 5.32 Å². The third-order valence-electron chi connectivity index (χ3n) is 4.03. The fourth-order valence-electron chi connectivity index (χ4n) is 2.67. The first-order chi connectivity index (χ1) is 15.1. The van der Waals surface area contributed by atoms with Gasteiger partial charge >= 0.3 is 88.7 Å². The smallest absolute Gasteiger partial charge is 0.550 e. The van der Waals surface area contributed by atoms with Crippen molar-refractivity contribution in [2.45, 2.75) is 118 Å². The van der Waals surface area contributed by atoms with E-state index in [2.05, 4.69) is 12.2 Å². The summed E-state index contributed by atoms with van der Waals surface area (Å²) in [5, 5.41) is 30.0. The molecule has 0 aromatic rings. The van der Waals surface area contributed by atoms with Gasteiger partial charge < -0.3 is 40.8 Å². The molecule has 0 aliphatic carbocycles. The van der Waals surface area contributed by atoms with E-state index >= 15 is 0 Å². The predicted molar refractivity (Wildman–Crippen MR) is 124 cm³/mol. The van der Waals surface area contributed by atoms with Gasteiger partial charge in [0.05, 0.1) is 0 Å². The largest absolute Gasteiger partial charge is 1.00 e. The minimum absolute atomic E-state index is 0. The second kappa shape index (κ2) is 51.9. The van der Waals surface area contributed by atoms with Gasteiger partial charge in [0, 0.05) is 31.0 Å². The Morgan fingerprint density at radius 1 is 0.543 bits per heavy atom. The van der Waals surface area contributed by atoms with Gasteiger partial charge in [-0.3, -0.25) is 0 Å². The van der Waals surface area contributed by atoms with Crippen LogP contribution in [0.2, 0.25) is 0 Å². The van der Waals surface area contributed by atoms with Gasteiger partial charge in [-0.05, 0) is 33.7 Å². The van der Waals surface area contributed by atoms with E-state index < -0.39 is 17.9 Å². The molecule has 0 aliphatic rings. The van der Waals surface area contributed by atoms with Gasteiger partial charge in [-0.15, -0.1) is 0 Å². The normalized spacial score (nSPS) is 8.49. The summed E-state index contributed by atoms with van der Waals surface area (Å²) in [4.78, 5) is 26.7. The summed E-state index contributed by atoms with van der Waals surface area (Å²) in [6, 6.07) is 0. The van der Waals surface area contributed by atoms with Crippen LogP contribution in [0.1, 0.15) is 118 Å². The average molecular weight is 531 g/mol. The topological polar surface area (TPSA) is 158 Å². The Kier molecular flexibility index (Phi) is 78.1. The van der Waals surface area contributed by atoms with E-state index in [1.807, 2.05) is 0 Å². The number of carboxylic acids is 3. The third kappa shape index (κ3) is 117. The minimum atomic E-state index is -1.08. The molecule has 0 aliphatic heterocycles. The second-order valence-corrected chi connectivity index (χ2v) is 7.61. The monoisotopic (exact) mass is 530 g/mol. The van der Waals surface area contributed by atoms with Crippen molar-refractivity contribution in [3.63, 3.8) is 0 Å². The van der Waals surface area contributed by atoms with Crippen molar-refractivity contribution >= 4 is 17.9 Å². The molecule has 0 aromatic carbocycles. The van der Waals surface area contributed by atoms with Gasteiger partial charge in [-0.2, -0.15) is 0 Å². The van der Waals surface area contributed by atoms with Crippen LogP contribution < -0.4 is 115 Å². The molecule has 0 heterocycles. The molecule has 8 nitrogen and oxygen atoms in total. The summed E-state index contributed by atoms with van der Waals surface area (Å²) < 4.78 is 0. The molecule has 0 saturated carbocycles. The van der Waals surface area contributed by atoms with Gasteiger partial charge in [-0.1, -0.05) is 90.4 Å². The van der Waals surface area contributed by atoms with Crippen molar-refractivity contribution < 1.29 is 118 Å². The molecule has 0 amide bonds. The molecular formula is C24H49N2Na3O6. The summed E-state index contributed by atoms with van der Waals surface area (Å²) in [5.41, 5.74) is 5.43. The second-order valence-electron chi connectivity index (χ2n) is 7.61. The van der Waals surface area contributed by atoms with E-state index in [4.69, 9.17) is 35.4 Å². The molecule has 0 unspecified atom stereocenters. The molecule has 0 radical (unpaired) electrons. The number of carboxylic acid groups (broad SMARTS) is 3. The molecular weight excluding hydrogens is 481 g/mol. The zero-order valence-electron chi connectivity index (χ0n) is 24.0. The molecule has 0 saturated heterocycles. The van der Waals surface area contributed by atoms with Crippen molar-refractivity contribution in [3.8, 4) is 0 Å². The molecule has 0 spiro atoms. The summed E-state index contributed by atoms with van der Waals surface area (Å²) in [6.07, 6.45) is 20.1. The summed E-state index contributed by atoms with van der Waals surface area (Å²) in [6.45, 7) is 8.09. The number of hydrogen-bond acceptors (Lipinski definition) is 8. The molecule has 3 N–H and O–H groups in total. The van der Waals surface area contributed by atoms with Crippen LogP contribution in [0.15, 0.2) is 0 Å². The molecule has 194 valence electrons. The summed E-state index contributed by atoms with van der Waals surface area (Å²) in [5.74, 6) is -3.25. The van der Waals surface area contributed by atoms with Crippen LogP contribution >= 0.6 is 0 Å². The van der Waals surface area contributed by atoms with Gasteiger partial charge in [0.15, 0.2) is 0 Å². The van der Waals surface area contributed by atoms with Crippen LogP contribution in [0.25, 0.3) is 0 Å². The van der Waals surface area contributed by atoms with E-state index in [-0.39, 0.29) is 88.7 Å². The van der Waals surface area contributed by atoms with Gasteiger partial charge in [0.2, 0.25) is 0 Å².